The molecule has 1 aromatic carbocycles. The lowest BCUT2D eigenvalue weighted by molar-refractivity contribution is -0.00908. The summed E-state index contributed by atoms with van der Waals surface area (Å²) in [6, 6.07) is 4.43. The Labute approximate surface area is 170 Å². The summed E-state index contributed by atoms with van der Waals surface area (Å²) in [5, 5.41) is 10.9. The minimum atomic E-state index is 0.397. The molecule has 1 N–H and O–H groups in total. The molecule has 0 spiro atoms. The lowest BCUT2D eigenvalue weighted by atomic mass is 9.46. The fourth-order valence-electron chi connectivity index (χ4n) is 10.7. The van der Waals surface area contributed by atoms with Crippen molar-refractivity contribution in [3.63, 3.8) is 0 Å². The van der Waals surface area contributed by atoms with Gasteiger partial charge < -0.3 is 5.11 Å². The van der Waals surface area contributed by atoms with Crippen LogP contribution in [0.15, 0.2) is 12.1 Å². The predicted octanol–water partition coefficient (Wildman–Crippen LogP) is 6.64. The molecule has 8 aliphatic carbocycles. The Morgan fingerprint density at radius 2 is 0.893 bits per heavy atom. The zero-order valence-electron chi connectivity index (χ0n) is 17.6. The number of benzene rings is 1. The molecule has 9 rings (SSSR count). The zero-order valence-corrected chi connectivity index (χ0v) is 17.6. The number of phenolic OH excluding ortho intramolecular Hbond substituents is 1. The normalized spacial score (nSPS) is 50.5. The van der Waals surface area contributed by atoms with Gasteiger partial charge in [0.2, 0.25) is 0 Å². The van der Waals surface area contributed by atoms with Crippen molar-refractivity contribution < 1.29 is 5.11 Å². The van der Waals surface area contributed by atoms with Crippen LogP contribution in [0.4, 0.5) is 0 Å². The molecule has 0 saturated heterocycles. The third-order valence-electron chi connectivity index (χ3n) is 10.6. The summed E-state index contributed by atoms with van der Waals surface area (Å²) in [5.74, 6) is 6.38. The quantitative estimate of drug-likeness (QED) is 0.613. The van der Waals surface area contributed by atoms with Crippen molar-refractivity contribution in [3.05, 3.63) is 28.8 Å². The summed E-state index contributed by atoms with van der Waals surface area (Å²) >= 11 is 0. The molecule has 8 fully saturated rings. The standard InChI is InChI=1S/C27H36O/c1-16-24(26-10-17-2-18(11-26)4-19(3-17)12-26)8-23(28)9-25(16)27-13-20-5-21(14-27)7-22(6-20)15-27/h8-9,17-22,28H,2-7,10-15H2,1H3. The van der Waals surface area contributed by atoms with E-state index in [0.29, 0.717) is 16.6 Å². The fourth-order valence-corrected chi connectivity index (χ4v) is 10.7. The molecular weight excluding hydrogens is 340 g/mol. The molecule has 0 unspecified atom stereocenters. The second-order valence-corrected chi connectivity index (χ2v) is 12.6. The molecule has 28 heavy (non-hydrogen) atoms. The second kappa shape index (κ2) is 5.38. The van der Waals surface area contributed by atoms with Crippen molar-refractivity contribution >= 4 is 0 Å². The molecule has 8 aliphatic rings. The number of hydrogen-bond acceptors (Lipinski definition) is 1. The molecule has 0 atom stereocenters. The topological polar surface area (TPSA) is 20.2 Å². The van der Waals surface area contributed by atoms with Crippen LogP contribution in [0.3, 0.4) is 0 Å². The second-order valence-electron chi connectivity index (χ2n) is 12.6. The molecule has 1 aromatic rings. The highest BCUT2D eigenvalue weighted by molar-refractivity contribution is 5.50. The number of rotatable bonds is 2. The van der Waals surface area contributed by atoms with Crippen LogP contribution >= 0.6 is 0 Å². The third kappa shape index (κ3) is 2.20. The van der Waals surface area contributed by atoms with E-state index in [-0.39, 0.29) is 0 Å². The van der Waals surface area contributed by atoms with Crippen LogP contribution in [0.1, 0.15) is 93.7 Å². The van der Waals surface area contributed by atoms with Gasteiger partial charge in [0, 0.05) is 0 Å². The van der Waals surface area contributed by atoms with Crippen LogP contribution in [0.25, 0.3) is 0 Å². The Balaban J connectivity index is 1.36. The SMILES string of the molecule is Cc1c(C23CC4CC(CC(C4)C2)C3)cc(O)cc1C12CC3CC(CC(C3)C1)C2. The highest BCUT2D eigenvalue weighted by Gasteiger charge is 2.55. The molecule has 0 radical (unpaired) electrons. The van der Waals surface area contributed by atoms with E-state index in [9.17, 15) is 5.11 Å². The lowest BCUT2D eigenvalue weighted by Gasteiger charge is -2.59. The molecule has 0 aliphatic heterocycles. The minimum Gasteiger partial charge on any atom is -0.508 e. The largest absolute Gasteiger partial charge is 0.508 e. The average Bonchev–Trinajstić information content (AvgIpc) is 2.61. The molecule has 0 amide bonds. The third-order valence-corrected chi connectivity index (χ3v) is 10.6. The molecule has 1 heteroatoms. The first-order valence-electron chi connectivity index (χ1n) is 12.3. The van der Waals surface area contributed by atoms with Gasteiger partial charge in [-0.3, -0.25) is 0 Å². The smallest absolute Gasteiger partial charge is 0.116 e. The van der Waals surface area contributed by atoms with Crippen LogP contribution < -0.4 is 0 Å². The van der Waals surface area contributed by atoms with Gasteiger partial charge in [-0.15, -0.1) is 0 Å². The van der Waals surface area contributed by atoms with E-state index in [1.807, 2.05) is 0 Å². The monoisotopic (exact) mass is 376 g/mol. The van der Waals surface area contributed by atoms with E-state index in [0.717, 1.165) is 35.5 Å². The van der Waals surface area contributed by atoms with Gasteiger partial charge in [-0.1, -0.05) is 0 Å². The molecule has 1 nitrogen and oxygen atoms in total. The van der Waals surface area contributed by atoms with E-state index in [2.05, 4.69) is 19.1 Å². The molecule has 8 saturated carbocycles. The van der Waals surface area contributed by atoms with Gasteiger partial charge >= 0.3 is 0 Å². The van der Waals surface area contributed by atoms with Gasteiger partial charge in [-0.25, -0.2) is 0 Å². The van der Waals surface area contributed by atoms with Gasteiger partial charge in [0.15, 0.2) is 0 Å². The van der Waals surface area contributed by atoms with Crippen LogP contribution in [0.2, 0.25) is 0 Å². The van der Waals surface area contributed by atoms with Crippen LogP contribution in [0.5, 0.6) is 5.75 Å². The van der Waals surface area contributed by atoms with E-state index in [1.54, 1.807) is 16.7 Å². The van der Waals surface area contributed by atoms with Crippen LogP contribution in [0, 0.1) is 42.4 Å². The summed E-state index contributed by atoms with van der Waals surface area (Å²) in [4.78, 5) is 0. The summed E-state index contributed by atoms with van der Waals surface area (Å²) < 4.78 is 0. The Bertz CT molecular complexity index is 697. The average molecular weight is 377 g/mol. The molecule has 0 aromatic heterocycles. The van der Waals surface area contributed by atoms with Gasteiger partial charge in [0.1, 0.15) is 5.75 Å². The predicted molar refractivity (Wildman–Crippen MR) is 113 cm³/mol. The van der Waals surface area contributed by atoms with Gasteiger partial charge in [0.05, 0.1) is 0 Å². The van der Waals surface area contributed by atoms with Crippen molar-refractivity contribution in [1.82, 2.24) is 0 Å². The molecule has 150 valence electrons. The molecular formula is C27H36O. The van der Waals surface area contributed by atoms with E-state index in [1.165, 1.54) is 77.0 Å². The van der Waals surface area contributed by atoms with Crippen LogP contribution in [-0.4, -0.2) is 5.11 Å². The van der Waals surface area contributed by atoms with Crippen LogP contribution in [-0.2, 0) is 10.8 Å². The molecule has 0 heterocycles. The van der Waals surface area contributed by atoms with Crippen molar-refractivity contribution in [1.29, 1.82) is 0 Å². The number of phenols is 1. The Hall–Kier alpha value is -0.980. The van der Waals surface area contributed by atoms with Gasteiger partial charge in [-0.2, -0.15) is 0 Å². The van der Waals surface area contributed by atoms with Crippen molar-refractivity contribution in [2.45, 2.75) is 94.8 Å². The summed E-state index contributed by atoms with van der Waals surface area (Å²) in [5.41, 5.74) is 5.56. The van der Waals surface area contributed by atoms with Gasteiger partial charge in [0.25, 0.3) is 0 Å². The number of hydrogen-bond donors (Lipinski definition) is 1. The number of aromatic hydroxyl groups is 1. The summed E-state index contributed by atoms with van der Waals surface area (Å²) in [6.07, 6.45) is 17.4. The maximum Gasteiger partial charge on any atom is 0.116 e. The lowest BCUT2D eigenvalue weighted by Crippen LogP contribution is -2.50. The Morgan fingerprint density at radius 1 is 0.607 bits per heavy atom. The fraction of sp³-hybridized carbons (Fsp3) is 0.778. The van der Waals surface area contributed by atoms with E-state index in [4.69, 9.17) is 0 Å². The Morgan fingerprint density at radius 3 is 1.18 bits per heavy atom. The zero-order chi connectivity index (χ0) is 18.7. The maximum absolute atomic E-state index is 10.9. The highest BCUT2D eigenvalue weighted by Crippen LogP contribution is 2.64. The van der Waals surface area contributed by atoms with E-state index >= 15 is 0 Å². The first-order valence-corrected chi connectivity index (χ1v) is 12.3. The maximum atomic E-state index is 10.9. The van der Waals surface area contributed by atoms with Crippen molar-refractivity contribution in [2.75, 3.05) is 0 Å². The van der Waals surface area contributed by atoms with Crippen molar-refractivity contribution in [3.8, 4) is 5.75 Å². The van der Waals surface area contributed by atoms with Crippen molar-refractivity contribution in [2.24, 2.45) is 35.5 Å². The van der Waals surface area contributed by atoms with Gasteiger partial charge in [-0.05, 0) is 159 Å². The molecule has 8 bridgehead atoms. The summed E-state index contributed by atoms with van der Waals surface area (Å²) in [7, 11) is 0. The highest BCUT2D eigenvalue weighted by atomic mass is 16.3. The first kappa shape index (κ1) is 16.8. The summed E-state index contributed by atoms with van der Waals surface area (Å²) in [6.45, 7) is 2.45. The van der Waals surface area contributed by atoms with E-state index < -0.39 is 0 Å². The minimum absolute atomic E-state index is 0.397. The first-order chi connectivity index (χ1) is 13.5. The Kier molecular flexibility index (Phi) is 3.22.